The van der Waals surface area contributed by atoms with Crippen LogP contribution in [0.4, 0.5) is 4.39 Å². The van der Waals surface area contributed by atoms with Crippen LogP contribution in [0.25, 0.3) is 0 Å². The lowest BCUT2D eigenvalue weighted by molar-refractivity contribution is 0.490. The van der Waals surface area contributed by atoms with Gasteiger partial charge in [-0.2, -0.15) is 0 Å². The summed E-state index contributed by atoms with van der Waals surface area (Å²) in [6.45, 7) is 3.59. The Bertz CT molecular complexity index is 560. The Morgan fingerprint density at radius 2 is 2.00 bits per heavy atom. The Hall–Kier alpha value is -0.940. The van der Waals surface area contributed by atoms with Gasteiger partial charge in [0.1, 0.15) is 5.82 Å². The molecule has 1 aliphatic rings. The molecule has 1 aliphatic heterocycles. The quantitative estimate of drug-likeness (QED) is 0.907. The molecule has 2 unspecified atom stereocenters. The molecule has 2 rings (SSSR count). The number of sulfone groups is 1. The van der Waals surface area contributed by atoms with Crippen LogP contribution in [0, 0.1) is 19.7 Å². The third kappa shape index (κ3) is 2.82. The van der Waals surface area contributed by atoms with Crippen molar-refractivity contribution in [1.82, 2.24) is 0 Å². The first-order chi connectivity index (χ1) is 8.83. The SMILES string of the molecule is Cc1cc(C)c(C(N)C2CCCCS2(=O)=O)c(F)c1. The first-order valence-electron chi connectivity index (χ1n) is 6.56. The summed E-state index contributed by atoms with van der Waals surface area (Å²) in [5.74, 6) is -0.233. The summed E-state index contributed by atoms with van der Waals surface area (Å²) in [6, 6.07) is 2.48. The minimum absolute atomic E-state index is 0.165. The second kappa shape index (κ2) is 5.21. The summed E-state index contributed by atoms with van der Waals surface area (Å²) in [4.78, 5) is 0. The molecule has 0 amide bonds. The van der Waals surface area contributed by atoms with Crippen molar-refractivity contribution in [3.8, 4) is 0 Å². The van der Waals surface area contributed by atoms with Crippen molar-refractivity contribution in [2.75, 3.05) is 5.75 Å². The molecule has 1 saturated heterocycles. The first-order valence-corrected chi connectivity index (χ1v) is 8.28. The van der Waals surface area contributed by atoms with E-state index in [-0.39, 0.29) is 5.75 Å². The average molecular weight is 285 g/mol. The maximum absolute atomic E-state index is 14.1. The van der Waals surface area contributed by atoms with E-state index in [2.05, 4.69) is 0 Å². The summed E-state index contributed by atoms with van der Waals surface area (Å²) in [7, 11) is -3.21. The van der Waals surface area contributed by atoms with Gasteiger partial charge < -0.3 is 5.73 Å². The van der Waals surface area contributed by atoms with Crippen molar-refractivity contribution in [3.63, 3.8) is 0 Å². The van der Waals surface area contributed by atoms with Gasteiger partial charge in [0.25, 0.3) is 0 Å². The molecule has 0 aromatic heterocycles. The molecule has 3 nitrogen and oxygen atoms in total. The molecule has 5 heteroatoms. The van der Waals surface area contributed by atoms with Crippen LogP contribution in [0.5, 0.6) is 0 Å². The highest BCUT2D eigenvalue weighted by Gasteiger charge is 2.36. The van der Waals surface area contributed by atoms with E-state index >= 15 is 0 Å². The van der Waals surface area contributed by atoms with Crippen LogP contribution in [-0.2, 0) is 9.84 Å². The monoisotopic (exact) mass is 285 g/mol. The minimum atomic E-state index is -3.21. The molecular weight excluding hydrogens is 265 g/mol. The molecule has 106 valence electrons. The fraction of sp³-hybridized carbons (Fsp3) is 0.571. The van der Waals surface area contributed by atoms with Crippen LogP contribution in [0.3, 0.4) is 0 Å². The predicted molar refractivity (Wildman–Crippen MR) is 74.2 cm³/mol. The molecule has 2 N–H and O–H groups in total. The molecule has 19 heavy (non-hydrogen) atoms. The average Bonchev–Trinajstić information content (AvgIpc) is 2.26. The van der Waals surface area contributed by atoms with Gasteiger partial charge in [-0.05, 0) is 43.9 Å². The molecule has 0 radical (unpaired) electrons. The normalized spacial score (nSPS) is 24.1. The lowest BCUT2D eigenvalue weighted by Crippen LogP contribution is -2.38. The van der Waals surface area contributed by atoms with Gasteiger partial charge in [-0.1, -0.05) is 12.5 Å². The van der Waals surface area contributed by atoms with Gasteiger partial charge in [-0.15, -0.1) is 0 Å². The third-order valence-electron chi connectivity index (χ3n) is 3.84. The van der Waals surface area contributed by atoms with E-state index in [1.807, 2.05) is 13.0 Å². The van der Waals surface area contributed by atoms with Crippen molar-refractivity contribution in [1.29, 1.82) is 0 Å². The van der Waals surface area contributed by atoms with Crippen molar-refractivity contribution < 1.29 is 12.8 Å². The van der Waals surface area contributed by atoms with E-state index in [1.165, 1.54) is 6.07 Å². The van der Waals surface area contributed by atoms with Crippen LogP contribution in [0.1, 0.15) is 42.0 Å². The van der Waals surface area contributed by atoms with Gasteiger partial charge in [0.15, 0.2) is 9.84 Å². The van der Waals surface area contributed by atoms with Crippen molar-refractivity contribution in [3.05, 3.63) is 34.6 Å². The van der Waals surface area contributed by atoms with E-state index in [0.717, 1.165) is 17.5 Å². The maximum Gasteiger partial charge on any atom is 0.155 e. The van der Waals surface area contributed by atoms with Gasteiger partial charge >= 0.3 is 0 Å². The lowest BCUT2D eigenvalue weighted by Gasteiger charge is -2.29. The largest absolute Gasteiger partial charge is 0.323 e. The summed E-state index contributed by atoms with van der Waals surface area (Å²) in [5, 5.41) is -0.655. The van der Waals surface area contributed by atoms with Gasteiger partial charge in [-0.25, -0.2) is 12.8 Å². The highest BCUT2D eigenvalue weighted by molar-refractivity contribution is 7.92. The third-order valence-corrected chi connectivity index (χ3v) is 6.15. The predicted octanol–water partition coefficient (Wildman–Crippen LogP) is 2.41. The summed E-state index contributed by atoms with van der Waals surface area (Å²) >= 11 is 0. The van der Waals surface area contributed by atoms with Crippen molar-refractivity contribution in [2.24, 2.45) is 5.73 Å². The molecule has 1 fully saturated rings. The minimum Gasteiger partial charge on any atom is -0.323 e. The molecule has 0 saturated carbocycles. The van der Waals surface area contributed by atoms with Crippen LogP contribution in [-0.4, -0.2) is 19.4 Å². The highest BCUT2D eigenvalue weighted by Crippen LogP contribution is 2.32. The van der Waals surface area contributed by atoms with Gasteiger partial charge in [0.05, 0.1) is 11.0 Å². The van der Waals surface area contributed by atoms with Crippen molar-refractivity contribution >= 4 is 9.84 Å². The van der Waals surface area contributed by atoms with Gasteiger partial charge in [-0.3, -0.25) is 0 Å². The van der Waals surface area contributed by atoms with Gasteiger partial charge in [0.2, 0.25) is 0 Å². The topological polar surface area (TPSA) is 60.2 Å². The first kappa shape index (κ1) is 14.5. The Labute approximate surface area is 113 Å². The number of nitrogens with two attached hydrogens (primary N) is 1. The molecule has 0 aliphatic carbocycles. The van der Waals surface area contributed by atoms with Crippen LogP contribution in [0.15, 0.2) is 12.1 Å². The standard InChI is InChI=1S/C14H20FNO2S/c1-9-7-10(2)13(11(15)8-9)14(16)12-5-3-4-6-19(12,17)18/h7-8,12,14H,3-6,16H2,1-2H3. The van der Waals surface area contributed by atoms with Crippen LogP contribution < -0.4 is 5.73 Å². The Kier molecular flexibility index (Phi) is 3.97. The number of hydrogen-bond donors (Lipinski definition) is 1. The number of hydrogen-bond acceptors (Lipinski definition) is 3. The molecule has 1 heterocycles. The Balaban J connectivity index is 2.42. The number of aryl methyl sites for hydroxylation is 2. The van der Waals surface area contributed by atoms with Crippen LogP contribution in [0.2, 0.25) is 0 Å². The van der Waals surface area contributed by atoms with E-state index < -0.39 is 26.9 Å². The smallest absolute Gasteiger partial charge is 0.155 e. The summed E-state index contributed by atoms with van der Waals surface area (Å²) < 4.78 is 38.3. The van der Waals surface area contributed by atoms with E-state index in [4.69, 9.17) is 5.73 Å². The molecule has 0 bridgehead atoms. The van der Waals surface area contributed by atoms with E-state index in [9.17, 15) is 12.8 Å². The van der Waals surface area contributed by atoms with E-state index in [0.29, 0.717) is 18.4 Å². The van der Waals surface area contributed by atoms with E-state index in [1.54, 1.807) is 6.92 Å². The zero-order valence-corrected chi connectivity index (χ0v) is 12.1. The highest BCUT2D eigenvalue weighted by atomic mass is 32.2. The molecule has 2 atom stereocenters. The molecular formula is C14H20FNO2S. The van der Waals surface area contributed by atoms with Crippen LogP contribution >= 0.6 is 0 Å². The molecule has 1 aromatic rings. The second-order valence-electron chi connectivity index (χ2n) is 5.40. The molecule has 0 spiro atoms. The zero-order chi connectivity index (χ0) is 14.2. The van der Waals surface area contributed by atoms with Gasteiger partial charge in [0, 0.05) is 11.6 Å². The zero-order valence-electron chi connectivity index (χ0n) is 11.3. The fourth-order valence-corrected chi connectivity index (χ4v) is 4.94. The fourth-order valence-electron chi connectivity index (χ4n) is 2.92. The Morgan fingerprint density at radius 3 is 2.58 bits per heavy atom. The lowest BCUT2D eigenvalue weighted by atomic mass is 9.94. The Morgan fingerprint density at radius 1 is 1.32 bits per heavy atom. The number of rotatable bonds is 2. The maximum atomic E-state index is 14.1. The summed E-state index contributed by atoms with van der Waals surface area (Å²) in [5.41, 5.74) is 7.97. The number of benzene rings is 1. The summed E-state index contributed by atoms with van der Waals surface area (Å²) in [6.07, 6.45) is 2.04. The molecule has 1 aromatic carbocycles. The second-order valence-corrected chi connectivity index (χ2v) is 7.74. The number of halogens is 1. The van der Waals surface area contributed by atoms with Crippen molar-refractivity contribution in [2.45, 2.75) is 44.4 Å².